The van der Waals surface area contributed by atoms with Crippen molar-refractivity contribution in [2.45, 2.75) is 52.5 Å². The van der Waals surface area contributed by atoms with Gasteiger partial charge in [-0.15, -0.1) is 0 Å². The molecule has 0 aromatic carbocycles. The maximum absolute atomic E-state index is 12.8. The van der Waals surface area contributed by atoms with Gasteiger partial charge in [-0.3, -0.25) is 4.79 Å². The molecule has 2 aromatic heterocycles. The lowest BCUT2D eigenvalue weighted by molar-refractivity contribution is 0.0467. The normalized spacial score (nSPS) is 16.7. The van der Waals surface area contributed by atoms with Crippen LogP contribution in [0.25, 0.3) is 0 Å². The minimum absolute atomic E-state index is 0.158. The van der Waals surface area contributed by atoms with E-state index in [2.05, 4.69) is 25.4 Å². The predicted octanol–water partition coefficient (Wildman–Crippen LogP) is 2.50. The summed E-state index contributed by atoms with van der Waals surface area (Å²) in [6, 6.07) is 1.32. The molecule has 1 saturated heterocycles. The highest BCUT2D eigenvalue weighted by Crippen LogP contribution is 2.30. The highest BCUT2D eigenvalue weighted by Gasteiger charge is 2.32. The first-order valence-electron chi connectivity index (χ1n) is 8.98. The smallest absolute Gasteiger partial charge is 0.270 e. The lowest BCUT2D eigenvalue weighted by Gasteiger charge is -2.28. The predicted molar refractivity (Wildman–Crippen MR) is 93.6 cm³/mol. The first kappa shape index (κ1) is 18.4. The minimum Gasteiger partial charge on any atom is -0.381 e. The fraction of sp³-hybridized carbons (Fsp3) is 0.611. The number of amides is 1. The molecule has 0 radical (unpaired) electrons. The van der Waals surface area contributed by atoms with E-state index in [0.717, 1.165) is 18.5 Å². The number of carbonyl (C=O) groups excluding carboxylic acids is 1. The molecule has 1 fully saturated rings. The molecule has 0 spiro atoms. The molecular formula is C18H25N5O3. The summed E-state index contributed by atoms with van der Waals surface area (Å²) >= 11 is 0. The maximum Gasteiger partial charge on any atom is 0.270 e. The summed E-state index contributed by atoms with van der Waals surface area (Å²) in [7, 11) is 0. The Kier molecular flexibility index (Phi) is 5.61. The molecule has 1 aliphatic heterocycles. The number of ether oxygens (including phenoxy) is 1. The third kappa shape index (κ3) is 4.24. The van der Waals surface area contributed by atoms with Crippen LogP contribution in [0.2, 0.25) is 0 Å². The number of nitrogens with one attached hydrogen (secondary N) is 1. The van der Waals surface area contributed by atoms with Gasteiger partial charge in [0.2, 0.25) is 5.89 Å². The number of nitrogens with zero attached hydrogens (tertiary/aromatic N) is 4. The topological polar surface area (TPSA) is 103 Å². The van der Waals surface area contributed by atoms with Gasteiger partial charge in [-0.2, -0.15) is 4.98 Å². The summed E-state index contributed by atoms with van der Waals surface area (Å²) in [5.41, 5.74) is 1.10. The van der Waals surface area contributed by atoms with Crippen molar-refractivity contribution in [1.82, 2.24) is 25.4 Å². The Morgan fingerprint density at radius 1 is 1.19 bits per heavy atom. The van der Waals surface area contributed by atoms with E-state index in [9.17, 15) is 4.79 Å². The molecule has 140 valence electrons. The van der Waals surface area contributed by atoms with Gasteiger partial charge in [0, 0.05) is 24.8 Å². The summed E-state index contributed by atoms with van der Waals surface area (Å²) in [6.45, 7) is 8.94. The van der Waals surface area contributed by atoms with Crippen LogP contribution in [0.4, 0.5) is 0 Å². The van der Waals surface area contributed by atoms with E-state index < -0.39 is 0 Å². The van der Waals surface area contributed by atoms with Gasteiger partial charge in [-0.25, -0.2) is 9.97 Å². The summed E-state index contributed by atoms with van der Waals surface area (Å²) < 4.78 is 10.9. The second kappa shape index (κ2) is 7.90. The van der Waals surface area contributed by atoms with Gasteiger partial charge in [-0.05, 0) is 38.7 Å². The highest BCUT2D eigenvalue weighted by atomic mass is 16.5. The fourth-order valence-electron chi connectivity index (χ4n) is 3.09. The van der Waals surface area contributed by atoms with Crippen LogP contribution in [0, 0.1) is 19.8 Å². The van der Waals surface area contributed by atoms with Gasteiger partial charge in [0.05, 0.1) is 0 Å². The summed E-state index contributed by atoms with van der Waals surface area (Å²) in [4.78, 5) is 25.8. The number of hydrogen-bond donors (Lipinski definition) is 1. The van der Waals surface area contributed by atoms with E-state index in [1.165, 1.54) is 0 Å². The van der Waals surface area contributed by atoms with Crippen LogP contribution in [0.15, 0.2) is 10.6 Å². The van der Waals surface area contributed by atoms with Gasteiger partial charge >= 0.3 is 0 Å². The third-order valence-corrected chi connectivity index (χ3v) is 4.46. The Bertz CT molecular complexity index is 748. The molecule has 0 unspecified atom stereocenters. The standard InChI is InChI=1S/C18H25N5O3/c1-10(2)16-22-18(26-23-16)15(13-5-7-25-8-6-13)21-17(24)14-9-11(3)19-12(4)20-14/h9-10,13,15H,5-8H2,1-4H3,(H,21,24)/t15-/m0/s1. The van der Waals surface area contributed by atoms with Crippen molar-refractivity contribution in [1.29, 1.82) is 0 Å². The zero-order chi connectivity index (χ0) is 18.7. The number of aryl methyl sites for hydroxylation is 2. The molecule has 1 N–H and O–H groups in total. The van der Waals surface area contributed by atoms with Gasteiger partial charge in [0.25, 0.3) is 5.91 Å². The summed E-state index contributed by atoms with van der Waals surface area (Å²) in [6.07, 6.45) is 1.65. The Morgan fingerprint density at radius 3 is 2.54 bits per heavy atom. The van der Waals surface area contributed by atoms with Crippen molar-refractivity contribution in [3.8, 4) is 0 Å². The zero-order valence-electron chi connectivity index (χ0n) is 15.7. The molecule has 2 aromatic rings. The van der Waals surface area contributed by atoms with E-state index in [0.29, 0.717) is 36.4 Å². The monoisotopic (exact) mass is 359 g/mol. The largest absolute Gasteiger partial charge is 0.381 e. The Morgan fingerprint density at radius 2 is 1.92 bits per heavy atom. The molecule has 0 saturated carbocycles. The number of rotatable bonds is 5. The third-order valence-electron chi connectivity index (χ3n) is 4.46. The molecule has 3 heterocycles. The van der Waals surface area contributed by atoms with Gasteiger partial charge in [0.15, 0.2) is 5.82 Å². The van der Waals surface area contributed by atoms with Crippen LogP contribution < -0.4 is 5.32 Å². The molecule has 8 heteroatoms. The lowest BCUT2D eigenvalue weighted by Crippen LogP contribution is -2.36. The van der Waals surface area contributed by atoms with Crippen molar-refractivity contribution in [2.75, 3.05) is 13.2 Å². The van der Waals surface area contributed by atoms with Crippen LogP contribution in [-0.2, 0) is 4.74 Å². The van der Waals surface area contributed by atoms with Crippen molar-refractivity contribution in [2.24, 2.45) is 5.92 Å². The van der Waals surface area contributed by atoms with Crippen LogP contribution in [0.1, 0.15) is 72.4 Å². The number of carbonyl (C=O) groups is 1. The zero-order valence-corrected chi connectivity index (χ0v) is 15.7. The van der Waals surface area contributed by atoms with E-state index in [-0.39, 0.29) is 23.8 Å². The van der Waals surface area contributed by atoms with Crippen LogP contribution in [0.5, 0.6) is 0 Å². The molecule has 0 bridgehead atoms. The van der Waals surface area contributed by atoms with Crippen LogP contribution in [-0.4, -0.2) is 39.2 Å². The summed E-state index contributed by atoms with van der Waals surface area (Å²) in [5, 5.41) is 7.09. The fourth-order valence-corrected chi connectivity index (χ4v) is 3.09. The molecule has 26 heavy (non-hydrogen) atoms. The first-order valence-corrected chi connectivity index (χ1v) is 8.98. The summed E-state index contributed by atoms with van der Waals surface area (Å²) in [5.74, 6) is 1.72. The molecule has 1 aliphatic rings. The van der Waals surface area contributed by atoms with Crippen molar-refractivity contribution in [3.05, 3.63) is 35.0 Å². The maximum atomic E-state index is 12.8. The Balaban J connectivity index is 1.85. The molecule has 1 amide bonds. The first-order chi connectivity index (χ1) is 12.4. The van der Waals surface area contributed by atoms with Crippen molar-refractivity contribution >= 4 is 5.91 Å². The molecule has 0 aliphatic carbocycles. The Hall–Kier alpha value is -2.35. The SMILES string of the molecule is Cc1cc(C(=O)N[C@H](c2nc(C(C)C)no2)C2CCOCC2)nc(C)n1. The number of aromatic nitrogens is 4. The van der Waals surface area contributed by atoms with Gasteiger partial charge < -0.3 is 14.6 Å². The average molecular weight is 359 g/mol. The second-order valence-corrected chi connectivity index (χ2v) is 6.99. The number of hydrogen-bond acceptors (Lipinski definition) is 7. The van der Waals surface area contributed by atoms with Gasteiger partial charge in [-0.1, -0.05) is 19.0 Å². The molecule has 1 atom stereocenters. The molecular weight excluding hydrogens is 334 g/mol. The van der Waals surface area contributed by atoms with E-state index in [4.69, 9.17) is 9.26 Å². The average Bonchev–Trinajstić information content (AvgIpc) is 3.09. The second-order valence-electron chi connectivity index (χ2n) is 6.99. The van der Waals surface area contributed by atoms with Crippen molar-refractivity contribution < 1.29 is 14.1 Å². The molecule has 3 rings (SSSR count). The Labute approximate surface area is 152 Å². The highest BCUT2D eigenvalue weighted by molar-refractivity contribution is 5.92. The van der Waals surface area contributed by atoms with Gasteiger partial charge in [0.1, 0.15) is 17.6 Å². The lowest BCUT2D eigenvalue weighted by atomic mass is 9.91. The van der Waals surface area contributed by atoms with Crippen LogP contribution in [0.3, 0.4) is 0 Å². The minimum atomic E-state index is -0.359. The van der Waals surface area contributed by atoms with E-state index in [1.54, 1.807) is 13.0 Å². The quantitative estimate of drug-likeness (QED) is 0.875. The van der Waals surface area contributed by atoms with Crippen LogP contribution >= 0.6 is 0 Å². The molecule has 8 nitrogen and oxygen atoms in total. The van der Waals surface area contributed by atoms with E-state index in [1.807, 2.05) is 20.8 Å². The van der Waals surface area contributed by atoms with E-state index >= 15 is 0 Å². The van der Waals surface area contributed by atoms with Crippen molar-refractivity contribution in [3.63, 3.8) is 0 Å².